The Labute approximate surface area is 164 Å². The van der Waals surface area contributed by atoms with Gasteiger partial charge in [0.25, 0.3) is 5.91 Å². The van der Waals surface area contributed by atoms with E-state index in [4.69, 9.17) is 4.74 Å². The van der Waals surface area contributed by atoms with Crippen molar-refractivity contribution in [1.82, 2.24) is 10.9 Å². The van der Waals surface area contributed by atoms with Crippen LogP contribution < -0.4 is 15.6 Å². The van der Waals surface area contributed by atoms with E-state index in [2.05, 4.69) is 10.9 Å². The molecule has 28 heavy (non-hydrogen) atoms. The van der Waals surface area contributed by atoms with Crippen LogP contribution in [0.25, 0.3) is 0 Å². The predicted molar refractivity (Wildman–Crippen MR) is 104 cm³/mol. The van der Waals surface area contributed by atoms with Crippen molar-refractivity contribution in [2.24, 2.45) is 0 Å². The van der Waals surface area contributed by atoms with E-state index >= 15 is 0 Å². The van der Waals surface area contributed by atoms with Gasteiger partial charge in [-0.2, -0.15) is 0 Å². The molecule has 148 valence electrons. The van der Waals surface area contributed by atoms with Crippen LogP contribution in [0.15, 0.2) is 42.5 Å². The Bertz CT molecular complexity index is 893. The van der Waals surface area contributed by atoms with Gasteiger partial charge in [-0.1, -0.05) is 30.7 Å². The van der Waals surface area contributed by atoms with E-state index in [1.165, 1.54) is 12.1 Å². The first-order valence-corrected chi connectivity index (χ1v) is 9.43. The second-order valence-corrected chi connectivity index (χ2v) is 7.35. The van der Waals surface area contributed by atoms with E-state index in [0.717, 1.165) is 17.5 Å². The third kappa shape index (κ3) is 3.86. The zero-order valence-corrected chi connectivity index (χ0v) is 16.3. The maximum absolute atomic E-state index is 13.6. The number of aryl methyl sites for hydroxylation is 1. The summed E-state index contributed by atoms with van der Waals surface area (Å²) in [6.45, 7) is 5.52. The summed E-state index contributed by atoms with van der Waals surface area (Å²) in [7, 11) is 0. The van der Waals surface area contributed by atoms with Crippen LogP contribution >= 0.6 is 0 Å². The molecule has 2 N–H and O–H groups in total. The van der Waals surface area contributed by atoms with Gasteiger partial charge in [0.05, 0.1) is 5.41 Å². The zero-order chi connectivity index (χ0) is 20.3. The largest absolute Gasteiger partial charge is 0.481 e. The maximum atomic E-state index is 13.6. The van der Waals surface area contributed by atoms with Gasteiger partial charge in [-0.15, -0.1) is 0 Å². The SMILES string of the molecule is Cc1cccc(OC(C)C(=O)NNC(=O)C2(c3cccc(F)c3)CCC2)c1C. The molecule has 0 bridgehead atoms. The molecule has 1 aliphatic rings. The number of rotatable bonds is 5. The summed E-state index contributed by atoms with van der Waals surface area (Å²) >= 11 is 0. The molecule has 2 amide bonds. The van der Waals surface area contributed by atoms with Crippen LogP contribution in [-0.4, -0.2) is 17.9 Å². The highest BCUT2D eigenvalue weighted by molar-refractivity contribution is 5.91. The first-order chi connectivity index (χ1) is 13.3. The second kappa shape index (κ2) is 8.00. The molecule has 3 rings (SSSR count). The number of nitrogens with one attached hydrogen (secondary N) is 2. The molecule has 1 unspecified atom stereocenters. The first-order valence-electron chi connectivity index (χ1n) is 9.43. The lowest BCUT2D eigenvalue weighted by atomic mass is 9.64. The molecule has 0 heterocycles. The molecule has 0 spiro atoms. The van der Waals surface area contributed by atoms with Gasteiger partial charge in [-0.25, -0.2) is 4.39 Å². The lowest BCUT2D eigenvalue weighted by Gasteiger charge is -2.40. The highest BCUT2D eigenvalue weighted by atomic mass is 19.1. The van der Waals surface area contributed by atoms with Gasteiger partial charge in [0.2, 0.25) is 5.91 Å². The van der Waals surface area contributed by atoms with E-state index < -0.39 is 17.4 Å². The van der Waals surface area contributed by atoms with E-state index in [9.17, 15) is 14.0 Å². The minimum atomic E-state index is -0.799. The molecule has 1 aliphatic carbocycles. The van der Waals surface area contributed by atoms with Crippen LogP contribution in [-0.2, 0) is 15.0 Å². The molecular formula is C22H25FN2O3. The topological polar surface area (TPSA) is 67.4 Å². The Hall–Kier alpha value is -2.89. The summed E-state index contributed by atoms with van der Waals surface area (Å²) in [6.07, 6.45) is 1.33. The Balaban J connectivity index is 1.62. The van der Waals surface area contributed by atoms with Crippen LogP contribution in [0, 0.1) is 19.7 Å². The van der Waals surface area contributed by atoms with Gasteiger partial charge >= 0.3 is 0 Å². The lowest BCUT2D eigenvalue weighted by molar-refractivity contribution is -0.137. The van der Waals surface area contributed by atoms with Crippen LogP contribution in [0.4, 0.5) is 4.39 Å². The number of hydrogen-bond donors (Lipinski definition) is 2. The maximum Gasteiger partial charge on any atom is 0.279 e. The van der Waals surface area contributed by atoms with Gasteiger partial charge < -0.3 is 4.74 Å². The molecule has 6 heteroatoms. The van der Waals surface area contributed by atoms with E-state index in [1.54, 1.807) is 25.1 Å². The molecule has 0 saturated heterocycles. The molecule has 1 saturated carbocycles. The summed E-state index contributed by atoms with van der Waals surface area (Å²) in [5.74, 6) is -0.542. The monoisotopic (exact) mass is 384 g/mol. The van der Waals surface area contributed by atoms with Crippen molar-refractivity contribution in [2.75, 3.05) is 0 Å². The molecule has 0 aromatic heterocycles. The molecular weight excluding hydrogens is 359 g/mol. The average molecular weight is 384 g/mol. The Morgan fingerprint density at radius 2 is 1.82 bits per heavy atom. The average Bonchev–Trinajstić information content (AvgIpc) is 2.62. The second-order valence-electron chi connectivity index (χ2n) is 7.35. The molecule has 0 radical (unpaired) electrons. The zero-order valence-electron chi connectivity index (χ0n) is 16.3. The Morgan fingerprint density at radius 1 is 1.11 bits per heavy atom. The fourth-order valence-electron chi connectivity index (χ4n) is 3.40. The van der Waals surface area contributed by atoms with Crippen LogP contribution in [0.1, 0.15) is 42.9 Å². The molecule has 2 aromatic rings. The molecule has 5 nitrogen and oxygen atoms in total. The van der Waals surface area contributed by atoms with Crippen molar-refractivity contribution in [1.29, 1.82) is 0 Å². The van der Waals surface area contributed by atoms with Crippen molar-refractivity contribution in [3.8, 4) is 5.75 Å². The minimum Gasteiger partial charge on any atom is -0.481 e. The highest BCUT2D eigenvalue weighted by Crippen LogP contribution is 2.44. The molecule has 2 aromatic carbocycles. The van der Waals surface area contributed by atoms with Crippen molar-refractivity contribution < 1.29 is 18.7 Å². The van der Waals surface area contributed by atoms with Gasteiger partial charge in [-0.3, -0.25) is 20.4 Å². The molecule has 0 aliphatic heterocycles. The highest BCUT2D eigenvalue weighted by Gasteiger charge is 2.46. The number of hydrazine groups is 1. The van der Waals surface area contributed by atoms with E-state index in [1.807, 2.05) is 26.0 Å². The molecule has 1 fully saturated rings. The quantitative estimate of drug-likeness (QED) is 0.776. The van der Waals surface area contributed by atoms with E-state index in [0.29, 0.717) is 24.2 Å². The summed E-state index contributed by atoms with van der Waals surface area (Å²) in [6, 6.07) is 11.7. The number of ether oxygens (including phenoxy) is 1. The van der Waals surface area contributed by atoms with Crippen molar-refractivity contribution in [2.45, 2.75) is 51.6 Å². The summed E-state index contributed by atoms with van der Waals surface area (Å²) in [4.78, 5) is 25.1. The smallest absolute Gasteiger partial charge is 0.279 e. The van der Waals surface area contributed by atoms with Crippen molar-refractivity contribution in [3.05, 3.63) is 65.0 Å². The third-order valence-electron chi connectivity index (χ3n) is 5.55. The van der Waals surface area contributed by atoms with Gasteiger partial charge in [0.15, 0.2) is 6.10 Å². The fourth-order valence-corrected chi connectivity index (χ4v) is 3.40. The summed E-state index contributed by atoms with van der Waals surface area (Å²) in [5, 5.41) is 0. The van der Waals surface area contributed by atoms with Crippen molar-refractivity contribution >= 4 is 11.8 Å². The van der Waals surface area contributed by atoms with E-state index in [-0.39, 0.29) is 11.7 Å². The Morgan fingerprint density at radius 3 is 2.46 bits per heavy atom. The number of hydrogen-bond acceptors (Lipinski definition) is 3. The molecule has 1 atom stereocenters. The van der Waals surface area contributed by atoms with Gasteiger partial charge in [0.1, 0.15) is 11.6 Å². The van der Waals surface area contributed by atoms with Crippen LogP contribution in [0.5, 0.6) is 5.75 Å². The van der Waals surface area contributed by atoms with Crippen molar-refractivity contribution in [3.63, 3.8) is 0 Å². The number of carbonyl (C=O) groups excluding carboxylic acids is 2. The normalized spacial score (nSPS) is 15.9. The lowest BCUT2D eigenvalue weighted by Crippen LogP contribution is -2.56. The van der Waals surface area contributed by atoms with Crippen LogP contribution in [0.2, 0.25) is 0 Å². The number of halogens is 1. The predicted octanol–water partition coefficient (Wildman–Crippen LogP) is 3.48. The number of benzene rings is 2. The van der Waals surface area contributed by atoms with Gasteiger partial charge in [0, 0.05) is 0 Å². The number of amides is 2. The number of carbonyl (C=O) groups is 2. The third-order valence-corrected chi connectivity index (χ3v) is 5.55. The minimum absolute atomic E-state index is 0.336. The van der Waals surface area contributed by atoms with Crippen LogP contribution in [0.3, 0.4) is 0 Å². The Kier molecular flexibility index (Phi) is 5.68. The summed E-state index contributed by atoms with van der Waals surface area (Å²) < 4.78 is 19.3. The summed E-state index contributed by atoms with van der Waals surface area (Å²) in [5.41, 5.74) is 6.80. The van der Waals surface area contributed by atoms with Gasteiger partial charge in [-0.05, 0) is 68.5 Å². The standard InChI is InChI=1S/C22H25FN2O3/c1-14-7-4-10-19(15(14)2)28-16(3)20(26)24-25-21(27)22(11-6-12-22)17-8-5-9-18(23)13-17/h4-5,7-10,13,16H,6,11-12H2,1-3H3,(H,24,26)(H,25,27). The fraction of sp³-hybridized carbons (Fsp3) is 0.364. The first kappa shape index (κ1) is 19.9.